The molecule has 2 N–H and O–H groups in total. The highest BCUT2D eigenvalue weighted by atomic mass is 32.1. The largest absolute Gasteiger partial charge is 0.359 e. The molecule has 0 aromatic rings. The van der Waals surface area contributed by atoms with Gasteiger partial charge in [-0.1, -0.05) is 12.2 Å². The standard InChI is InChI=1S/C11H17N3S/c1-7(2)12-11(15)14-13-10-6-8-4-3-5-9(8)10/h3-4,7-9H,5-6H2,1-2H3,(H2,12,14,15)/b13-10-/t8-,9-/m1/s1. The van der Waals surface area contributed by atoms with Gasteiger partial charge in [0.1, 0.15) is 0 Å². The molecule has 1 fully saturated rings. The summed E-state index contributed by atoms with van der Waals surface area (Å²) < 4.78 is 0. The summed E-state index contributed by atoms with van der Waals surface area (Å²) in [6, 6.07) is 0.354. The summed E-state index contributed by atoms with van der Waals surface area (Å²) in [6.07, 6.45) is 6.80. The lowest BCUT2D eigenvalue weighted by molar-refractivity contribution is 0.463. The number of nitrogens with zero attached hydrogens (tertiary/aromatic N) is 1. The van der Waals surface area contributed by atoms with Crippen molar-refractivity contribution in [3.8, 4) is 0 Å². The Balaban J connectivity index is 1.78. The Labute approximate surface area is 96.0 Å². The summed E-state index contributed by atoms with van der Waals surface area (Å²) in [7, 11) is 0. The van der Waals surface area contributed by atoms with Crippen LogP contribution in [0.3, 0.4) is 0 Å². The van der Waals surface area contributed by atoms with Crippen molar-refractivity contribution in [1.82, 2.24) is 10.7 Å². The molecule has 0 aromatic heterocycles. The van der Waals surface area contributed by atoms with Crippen molar-refractivity contribution in [2.24, 2.45) is 16.9 Å². The van der Waals surface area contributed by atoms with Gasteiger partial charge in [-0.3, -0.25) is 5.43 Å². The molecule has 0 aromatic carbocycles. The first-order valence-electron chi connectivity index (χ1n) is 5.46. The van der Waals surface area contributed by atoms with Crippen molar-refractivity contribution in [1.29, 1.82) is 0 Å². The van der Waals surface area contributed by atoms with Gasteiger partial charge in [-0.05, 0) is 44.8 Å². The summed E-state index contributed by atoms with van der Waals surface area (Å²) in [5, 5.41) is 8.07. The molecule has 3 nitrogen and oxygen atoms in total. The fraction of sp³-hybridized carbons (Fsp3) is 0.636. The van der Waals surface area contributed by atoms with Crippen molar-refractivity contribution >= 4 is 23.0 Å². The fourth-order valence-electron chi connectivity index (χ4n) is 2.08. The Morgan fingerprint density at radius 2 is 2.40 bits per heavy atom. The number of thiocarbonyl (C=S) groups is 1. The summed E-state index contributed by atoms with van der Waals surface area (Å²) in [6.45, 7) is 4.11. The first-order valence-corrected chi connectivity index (χ1v) is 5.87. The molecule has 0 unspecified atom stereocenters. The van der Waals surface area contributed by atoms with Crippen LogP contribution >= 0.6 is 12.2 Å². The first-order chi connectivity index (χ1) is 7.16. The van der Waals surface area contributed by atoms with Crippen molar-refractivity contribution in [2.45, 2.75) is 32.7 Å². The molecular formula is C11H17N3S. The zero-order valence-corrected chi connectivity index (χ0v) is 9.97. The number of allylic oxidation sites excluding steroid dienone is 2. The van der Waals surface area contributed by atoms with Crippen LogP contribution in [0.4, 0.5) is 0 Å². The van der Waals surface area contributed by atoms with Crippen LogP contribution < -0.4 is 10.7 Å². The quantitative estimate of drug-likeness (QED) is 0.426. The van der Waals surface area contributed by atoms with Crippen LogP contribution in [0.1, 0.15) is 26.7 Å². The van der Waals surface area contributed by atoms with Crippen molar-refractivity contribution in [2.75, 3.05) is 0 Å². The maximum Gasteiger partial charge on any atom is 0.187 e. The van der Waals surface area contributed by atoms with Gasteiger partial charge in [0.15, 0.2) is 5.11 Å². The Kier molecular flexibility index (Phi) is 3.05. The number of rotatable bonds is 2. The minimum Gasteiger partial charge on any atom is -0.359 e. The minimum atomic E-state index is 0.354. The van der Waals surface area contributed by atoms with Crippen LogP contribution in [0.15, 0.2) is 17.3 Å². The second kappa shape index (κ2) is 4.31. The van der Waals surface area contributed by atoms with Crippen molar-refractivity contribution in [3.05, 3.63) is 12.2 Å². The van der Waals surface area contributed by atoms with Crippen molar-refractivity contribution < 1.29 is 0 Å². The molecule has 0 radical (unpaired) electrons. The van der Waals surface area contributed by atoms with Crippen molar-refractivity contribution in [3.63, 3.8) is 0 Å². The molecule has 15 heavy (non-hydrogen) atoms. The maximum atomic E-state index is 5.10. The molecule has 0 aliphatic heterocycles. The van der Waals surface area contributed by atoms with E-state index >= 15 is 0 Å². The Bertz CT molecular complexity index is 320. The lowest BCUT2D eigenvalue weighted by Gasteiger charge is -2.32. The lowest BCUT2D eigenvalue weighted by Crippen LogP contribution is -2.40. The van der Waals surface area contributed by atoms with Crippen LogP contribution in [0.25, 0.3) is 0 Å². The third-order valence-corrected chi connectivity index (χ3v) is 3.09. The number of fused-ring (bicyclic) bond motifs is 1. The zero-order valence-electron chi connectivity index (χ0n) is 9.16. The molecule has 0 spiro atoms. The number of hydrogen-bond acceptors (Lipinski definition) is 2. The average molecular weight is 223 g/mol. The molecule has 0 bridgehead atoms. The maximum absolute atomic E-state index is 5.10. The van der Waals surface area contributed by atoms with E-state index in [0.717, 1.165) is 18.8 Å². The van der Waals surface area contributed by atoms with E-state index in [1.54, 1.807) is 0 Å². The molecule has 0 heterocycles. The van der Waals surface area contributed by atoms with Crippen LogP contribution in [0, 0.1) is 11.8 Å². The van der Waals surface area contributed by atoms with E-state index in [1.165, 1.54) is 5.71 Å². The van der Waals surface area contributed by atoms with Gasteiger partial charge < -0.3 is 5.32 Å². The van der Waals surface area contributed by atoms with E-state index in [1.807, 2.05) is 0 Å². The summed E-state index contributed by atoms with van der Waals surface area (Å²) in [4.78, 5) is 0. The van der Waals surface area contributed by atoms with E-state index < -0.39 is 0 Å². The van der Waals surface area contributed by atoms with Crippen LogP contribution in [0.5, 0.6) is 0 Å². The SMILES string of the molecule is CC(C)NC(=S)N/N=C1/C[C@H]2C=CC[C@@H]12. The molecule has 0 saturated heterocycles. The van der Waals surface area contributed by atoms with Gasteiger partial charge in [-0.25, -0.2) is 0 Å². The molecule has 4 heteroatoms. The van der Waals surface area contributed by atoms with E-state index in [2.05, 4.69) is 41.8 Å². The number of nitrogens with one attached hydrogen (secondary N) is 2. The molecule has 2 atom stereocenters. The highest BCUT2D eigenvalue weighted by molar-refractivity contribution is 7.80. The molecule has 82 valence electrons. The predicted molar refractivity (Wildman–Crippen MR) is 66.8 cm³/mol. The summed E-state index contributed by atoms with van der Waals surface area (Å²) in [5.74, 6) is 1.40. The third kappa shape index (κ3) is 2.37. The van der Waals surface area contributed by atoms with Crippen LogP contribution in [-0.4, -0.2) is 16.9 Å². The van der Waals surface area contributed by atoms with Gasteiger partial charge in [0, 0.05) is 17.7 Å². The zero-order chi connectivity index (χ0) is 10.8. The molecule has 2 rings (SSSR count). The van der Waals surface area contributed by atoms with Gasteiger partial charge in [-0.15, -0.1) is 0 Å². The summed E-state index contributed by atoms with van der Waals surface area (Å²) >= 11 is 5.10. The monoisotopic (exact) mass is 223 g/mol. The predicted octanol–water partition coefficient (Wildman–Crippen LogP) is 1.81. The third-order valence-electron chi connectivity index (χ3n) is 2.88. The van der Waals surface area contributed by atoms with Gasteiger partial charge in [0.25, 0.3) is 0 Å². The minimum absolute atomic E-state index is 0.354. The second-order valence-electron chi connectivity index (χ2n) is 4.48. The topological polar surface area (TPSA) is 36.4 Å². The van der Waals surface area contributed by atoms with Crippen LogP contribution in [0.2, 0.25) is 0 Å². The molecule has 1 saturated carbocycles. The van der Waals surface area contributed by atoms with E-state index in [9.17, 15) is 0 Å². The first kappa shape index (κ1) is 10.6. The van der Waals surface area contributed by atoms with E-state index in [-0.39, 0.29) is 0 Å². The highest BCUT2D eigenvalue weighted by Gasteiger charge is 2.37. The smallest absolute Gasteiger partial charge is 0.187 e. The number of hydrazone groups is 1. The second-order valence-corrected chi connectivity index (χ2v) is 4.89. The molecule has 0 amide bonds. The average Bonchev–Trinajstić information content (AvgIpc) is 2.46. The van der Waals surface area contributed by atoms with Gasteiger partial charge in [0.05, 0.1) is 0 Å². The molecular weight excluding hydrogens is 206 g/mol. The number of hydrogen-bond donors (Lipinski definition) is 2. The fourth-order valence-corrected chi connectivity index (χ4v) is 2.36. The van der Waals surface area contributed by atoms with E-state index in [4.69, 9.17) is 12.2 Å². The lowest BCUT2D eigenvalue weighted by atomic mass is 9.74. The van der Waals surface area contributed by atoms with E-state index in [0.29, 0.717) is 17.1 Å². The molecule has 2 aliphatic carbocycles. The van der Waals surface area contributed by atoms with Gasteiger partial charge in [0.2, 0.25) is 0 Å². The molecule has 2 aliphatic rings. The normalized spacial score (nSPS) is 30.2. The van der Waals surface area contributed by atoms with Crippen LogP contribution in [-0.2, 0) is 0 Å². The van der Waals surface area contributed by atoms with Gasteiger partial charge >= 0.3 is 0 Å². The van der Waals surface area contributed by atoms with Gasteiger partial charge in [-0.2, -0.15) is 5.10 Å². The summed E-state index contributed by atoms with van der Waals surface area (Å²) in [5.41, 5.74) is 4.17. The Morgan fingerprint density at radius 3 is 3.07 bits per heavy atom. The highest BCUT2D eigenvalue weighted by Crippen LogP contribution is 2.39. The Hall–Kier alpha value is -0.900. The Morgan fingerprint density at radius 1 is 1.60 bits per heavy atom.